The van der Waals surface area contributed by atoms with Crippen molar-refractivity contribution < 1.29 is 24.0 Å². The molecule has 3 N–H and O–H groups in total. The number of phosphoric ester groups is 1. The largest absolute Gasteiger partial charge is 0.469 e. The molecule has 230 valence electrons. The summed E-state index contributed by atoms with van der Waals surface area (Å²) >= 11 is 0. The Bertz CT molecular complexity index is 482. The zero-order valence-electron chi connectivity index (χ0n) is 25.2. The van der Waals surface area contributed by atoms with E-state index in [0.717, 1.165) is 25.7 Å². The maximum absolute atomic E-state index is 10.6. The van der Waals surface area contributed by atoms with Crippen LogP contribution in [0.15, 0.2) is 0 Å². The first kappa shape index (κ1) is 38.1. The number of unbranched alkanes of at least 4 members (excludes halogenated alkanes) is 29. The van der Waals surface area contributed by atoms with E-state index in [0.29, 0.717) is 6.61 Å². The third-order valence-electron chi connectivity index (χ3n) is 7.81. The van der Waals surface area contributed by atoms with Gasteiger partial charge in [0, 0.05) is 6.61 Å². The lowest BCUT2D eigenvalue weighted by molar-refractivity contribution is 0.193. The average Bonchev–Trinajstić information content (AvgIpc) is 2.88. The smallest absolute Gasteiger partial charge is 0.396 e. The van der Waals surface area contributed by atoms with Crippen LogP contribution >= 0.6 is 7.82 Å². The van der Waals surface area contributed by atoms with Gasteiger partial charge in [-0.3, -0.25) is 4.52 Å². The number of rotatable bonds is 33. The van der Waals surface area contributed by atoms with E-state index in [1.54, 1.807) is 0 Å². The summed E-state index contributed by atoms with van der Waals surface area (Å²) in [5.41, 5.74) is 0. The summed E-state index contributed by atoms with van der Waals surface area (Å²) in [6.07, 6.45) is 40.0. The molecule has 0 aromatic rings. The van der Waals surface area contributed by atoms with Gasteiger partial charge in [0.05, 0.1) is 6.61 Å². The summed E-state index contributed by atoms with van der Waals surface area (Å²) in [5, 5.41) is 8.77. The molecule has 0 rings (SSSR count). The predicted octanol–water partition coefficient (Wildman–Crippen LogP) is 10.8. The molecule has 0 unspecified atom stereocenters. The zero-order chi connectivity index (χ0) is 27.8. The molecule has 0 radical (unpaired) electrons. The second kappa shape index (κ2) is 31.6. The van der Waals surface area contributed by atoms with Crippen molar-refractivity contribution in [3.8, 4) is 0 Å². The van der Waals surface area contributed by atoms with Crippen molar-refractivity contribution in [2.75, 3.05) is 13.2 Å². The lowest BCUT2D eigenvalue weighted by Gasteiger charge is -2.05. The SMILES string of the molecule is O=P(O)(O)OCCCCCCCCCCCCCCCCCCCCCCCCCCCCCCCCO. The number of phosphoric acid groups is 1. The molecular weight excluding hydrogens is 495 g/mol. The number of aliphatic hydroxyl groups is 1. The molecule has 0 aliphatic heterocycles. The molecule has 0 aromatic carbocycles. The van der Waals surface area contributed by atoms with E-state index < -0.39 is 7.82 Å². The molecule has 5 nitrogen and oxygen atoms in total. The van der Waals surface area contributed by atoms with Crippen LogP contribution < -0.4 is 0 Å². The monoisotopic (exact) mass is 562 g/mol. The summed E-state index contributed by atoms with van der Waals surface area (Å²) in [4.78, 5) is 17.2. The molecule has 0 aliphatic rings. The van der Waals surface area contributed by atoms with Crippen molar-refractivity contribution in [2.24, 2.45) is 0 Å². The molecule has 38 heavy (non-hydrogen) atoms. The van der Waals surface area contributed by atoms with Gasteiger partial charge < -0.3 is 14.9 Å². The average molecular weight is 563 g/mol. The fraction of sp³-hybridized carbons (Fsp3) is 1.00. The van der Waals surface area contributed by atoms with Crippen LogP contribution in [0, 0.1) is 0 Å². The van der Waals surface area contributed by atoms with Gasteiger partial charge in [-0.1, -0.05) is 180 Å². The molecule has 0 aromatic heterocycles. The topological polar surface area (TPSA) is 87.0 Å². The second-order valence-corrected chi connectivity index (χ2v) is 12.9. The van der Waals surface area contributed by atoms with Crippen molar-refractivity contribution in [1.29, 1.82) is 0 Å². The molecule has 0 bridgehead atoms. The van der Waals surface area contributed by atoms with Gasteiger partial charge in [-0.25, -0.2) is 4.57 Å². The second-order valence-electron chi connectivity index (χ2n) is 11.7. The normalized spacial score (nSPS) is 12.0. The van der Waals surface area contributed by atoms with E-state index in [4.69, 9.17) is 14.9 Å². The van der Waals surface area contributed by atoms with E-state index in [-0.39, 0.29) is 6.61 Å². The van der Waals surface area contributed by atoms with Gasteiger partial charge in [0.25, 0.3) is 0 Å². The van der Waals surface area contributed by atoms with Gasteiger partial charge in [0.15, 0.2) is 0 Å². The van der Waals surface area contributed by atoms with Crippen LogP contribution in [0.2, 0.25) is 0 Å². The Kier molecular flexibility index (Phi) is 31.7. The Morgan fingerprint density at radius 1 is 0.342 bits per heavy atom. The first-order valence-corrected chi connectivity index (χ1v) is 18.4. The Hall–Kier alpha value is 0.0700. The Balaban J connectivity index is 3.04. The molecule has 0 spiro atoms. The molecule has 0 amide bonds. The highest BCUT2D eigenvalue weighted by atomic mass is 31.2. The maximum atomic E-state index is 10.6. The Labute approximate surface area is 237 Å². The Morgan fingerprint density at radius 2 is 0.526 bits per heavy atom. The van der Waals surface area contributed by atoms with E-state index in [9.17, 15) is 4.57 Å². The highest BCUT2D eigenvalue weighted by Gasteiger charge is 2.12. The quantitative estimate of drug-likeness (QED) is 0.0547. The molecular formula is C32H67O5P. The van der Waals surface area contributed by atoms with Gasteiger partial charge in [-0.2, -0.15) is 0 Å². The van der Waals surface area contributed by atoms with Crippen LogP contribution in [0.1, 0.15) is 193 Å². The molecule has 0 saturated heterocycles. The fourth-order valence-corrected chi connectivity index (χ4v) is 5.71. The molecule has 0 saturated carbocycles. The highest BCUT2D eigenvalue weighted by Crippen LogP contribution is 2.35. The molecule has 6 heteroatoms. The summed E-state index contributed by atoms with van der Waals surface area (Å²) in [6.45, 7) is 0.529. The van der Waals surface area contributed by atoms with Crippen molar-refractivity contribution in [3.63, 3.8) is 0 Å². The minimum absolute atomic E-state index is 0.167. The summed E-state index contributed by atoms with van der Waals surface area (Å²) in [5.74, 6) is 0. The van der Waals surface area contributed by atoms with Crippen LogP contribution in [0.25, 0.3) is 0 Å². The van der Waals surface area contributed by atoms with E-state index >= 15 is 0 Å². The Morgan fingerprint density at radius 3 is 0.711 bits per heavy atom. The summed E-state index contributed by atoms with van der Waals surface area (Å²) in [6, 6.07) is 0. The summed E-state index contributed by atoms with van der Waals surface area (Å²) in [7, 11) is -4.27. The molecule has 0 fully saturated rings. The van der Waals surface area contributed by atoms with Gasteiger partial charge in [0.2, 0.25) is 0 Å². The van der Waals surface area contributed by atoms with Gasteiger partial charge >= 0.3 is 7.82 Å². The van der Waals surface area contributed by atoms with Crippen LogP contribution in [0.4, 0.5) is 0 Å². The van der Waals surface area contributed by atoms with Crippen molar-refractivity contribution >= 4 is 7.82 Å². The minimum atomic E-state index is -4.27. The molecule has 0 heterocycles. The third-order valence-corrected chi connectivity index (χ3v) is 8.33. The number of hydrogen-bond donors (Lipinski definition) is 3. The standard InChI is InChI=1S/C32H67O5P/c33-31-29-27-25-23-21-19-17-15-13-11-9-7-5-3-1-2-4-6-8-10-12-14-16-18-20-22-24-26-28-30-32-37-38(34,35)36/h33H,1-32H2,(H2,34,35,36). The zero-order valence-corrected chi connectivity index (χ0v) is 26.1. The lowest BCUT2D eigenvalue weighted by atomic mass is 10.0. The summed E-state index contributed by atoms with van der Waals surface area (Å²) < 4.78 is 15.0. The van der Waals surface area contributed by atoms with Gasteiger partial charge in [-0.05, 0) is 12.8 Å². The van der Waals surface area contributed by atoms with E-state index in [1.807, 2.05) is 0 Å². The third kappa shape index (κ3) is 36.1. The predicted molar refractivity (Wildman–Crippen MR) is 164 cm³/mol. The van der Waals surface area contributed by atoms with E-state index in [2.05, 4.69) is 4.52 Å². The molecule has 0 atom stereocenters. The van der Waals surface area contributed by atoms with Crippen molar-refractivity contribution in [1.82, 2.24) is 0 Å². The molecule has 0 aliphatic carbocycles. The van der Waals surface area contributed by atoms with Crippen LogP contribution in [-0.2, 0) is 9.09 Å². The lowest BCUT2D eigenvalue weighted by Crippen LogP contribution is -1.92. The minimum Gasteiger partial charge on any atom is -0.396 e. The van der Waals surface area contributed by atoms with Crippen LogP contribution in [0.5, 0.6) is 0 Å². The highest BCUT2D eigenvalue weighted by molar-refractivity contribution is 7.46. The van der Waals surface area contributed by atoms with Crippen molar-refractivity contribution in [2.45, 2.75) is 193 Å². The number of aliphatic hydroxyl groups excluding tert-OH is 1. The first-order valence-electron chi connectivity index (χ1n) is 16.9. The fourth-order valence-electron chi connectivity index (χ4n) is 5.35. The van der Waals surface area contributed by atoms with Crippen LogP contribution in [-0.4, -0.2) is 28.1 Å². The van der Waals surface area contributed by atoms with E-state index in [1.165, 1.54) is 167 Å². The van der Waals surface area contributed by atoms with Crippen molar-refractivity contribution in [3.05, 3.63) is 0 Å². The van der Waals surface area contributed by atoms with Gasteiger partial charge in [0.1, 0.15) is 0 Å². The first-order chi connectivity index (χ1) is 18.6. The maximum Gasteiger partial charge on any atom is 0.469 e. The number of hydrogen-bond acceptors (Lipinski definition) is 3. The van der Waals surface area contributed by atoms with Crippen LogP contribution in [0.3, 0.4) is 0 Å². The van der Waals surface area contributed by atoms with Gasteiger partial charge in [-0.15, -0.1) is 0 Å².